The third-order valence-electron chi connectivity index (χ3n) is 1.69. The van der Waals surface area contributed by atoms with Crippen molar-refractivity contribution in [3.05, 3.63) is 0 Å². The number of unbranched alkanes of at least 4 members (excludes halogenated alkanes) is 1. The maximum Gasteiger partial charge on any atom is 0.303 e. The minimum Gasteiger partial charge on any atom is -0.481 e. The summed E-state index contributed by atoms with van der Waals surface area (Å²) in [6, 6.07) is 0. The van der Waals surface area contributed by atoms with Crippen molar-refractivity contribution in [3.8, 4) is 0 Å². The van der Waals surface area contributed by atoms with Gasteiger partial charge in [-0.25, -0.2) is 13.1 Å². The third-order valence-corrected chi connectivity index (χ3v) is 3.44. The van der Waals surface area contributed by atoms with Crippen molar-refractivity contribution in [2.75, 3.05) is 12.3 Å². The maximum atomic E-state index is 11.3. The van der Waals surface area contributed by atoms with E-state index in [1.165, 1.54) is 0 Å². The molecular formula is C9H19NO4S. The highest BCUT2D eigenvalue weighted by molar-refractivity contribution is 7.89. The second-order valence-corrected chi connectivity index (χ2v) is 5.77. The van der Waals surface area contributed by atoms with E-state index in [1.807, 2.05) is 13.8 Å². The van der Waals surface area contributed by atoms with Crippen molar-refractivity contribution in [1.82, 2.24) is 4.72 Å². The van der Waals surface area contributed by atoms with E-state index in [1.54, 1.807) is 0 Å². The van der Waals surface area contributed by atoms with Gasteiger partial charge in [0.25, 0.3) is 0 Å². The lowest BCUT2D eigenvalue weighted by Gasteiger charge is -2.07. The van der Waals surface area contributed by atoms with E-state index in [2.05, 4.69) is 4.72 Å². The Morgan fingerprint density at radius 1 is 1.33 bits per heavy atom. The molecule has 15 heavy (non-hydrogen) atoms. The minimum atomic E-state index is -3.18. The lowest BCUT2D eigenvalue weighted by molar-refractivity contribution is -0.137. The highest BCUT2D eigenvalue weighted by Gasteiger charge is 2.11. The molecule has 6 heteroatoms. The highest BCUT2D eigenvalue weighted by Crippen LogP contribution is 1.99. The Morgan fingerprint density at radius 3 is 2.40 bits per heavy atom. The average Bonchev–Trinajstić information content (AvgIpc) is 1.99. The summed E-state index contributed by atoms with van der Waals surface area (Å²) in [6.45, 7) is 4.00. The molecule has 0 bridgehead atoms. The number of hydrogen-bond donors (Lipinski definition) is 2. The van der Waals surface area contributed by atoms with Crippen molar-refractivity contribution in [2.24, 2.45) is 5.92 Å². The van der Waals surface area contributed by atoms with Crippen LogP contribution in [0.1, 0.15) is 33.1 Å². The zero-order chi connectivity index (χ0) is 11.9. The molecule has 0 radical (unpaired) electrons. The SMILES string of the molecule is CC(C)CS(=O)(=O)NCCCCC(=O)O. The van der Waals surface area contributed by atoms with Gasteiger partial charge in [0, 0.05) is 13.0 Å². The molecule has 0 unspecified atom stereocenters. The van der Waals surface area contributed by atoms with E-state index in [0.717, 1.165) is 0 Å². The molecule has 0 saturated carbocycles. The number of hydrogen-bond acceptors (Lipinski definition) is 3. The fourth-order valence-corrected chi connectivity index (χ4v) is 2.58. The van der Waals surface area contributed by atoms with Crippen molar-refractivity contribution in [1.29, 1.82) is 0 Å². The predicted molar refractivity (Wildman–Crippen MR) is 58.1 cm³/mol. The third kappa shape index (κ3) is 9.68. The van der Waals surface area contributed by atoms with Crippen LogP contribution in [0.4, 0.5) is 0 Å². The molecule has 0 aliphatic heterocycles. The van der Waals surface area contributed by atoms with Crippen LogP contribution in [0, 0.1) is 5.92 Å². The minimum absolute atomic E-state index is 0.0892. The first-order valence-corrected chi connectivity index (χ1v) is 6.68. The van der Waals surface area contributed by atoms with Gasteiger partial charge in [-0.2, -0.15) is 0 Å². The van der Waals surface area contributed by atoms with Gasteiger partial charge < -0.3 is 5.11 Å². The van der Waals surface area contributed by atoms with Crippen LogP contribution in [0.5, 0.6) is 0 Å². The van der Waals surface area contributed by atoms with Gasteiger partial charge >= 0.3 is 5.97 Å². The monoisotopic (exact) mass is 237 g/mol. The van der Waals surface area contributed by atoms with Gasteiger partial charge in [-0.05, 0) is 18.8 Å². The maximum absolute atomic E-state index is 11.3. The molecule has 2 N–H and O–H groups in total. The molecule has 0 aromatic heterocycles. The molecule has 0 aliphatic carbocycles. The van der Waals surface area contributed by atoms with Gasteiger partial charge in [0.2, 0.25) is 10.0 Å². The van der Waals surface area contributed by atoms with Gasteiger partial charge in [0.1, 0.15) is 0 Å². The van der Waals surface area contributed by atoms with E-state index < -0.39 is 16.0 Å². The van der Waals surface area contributed by atoms with Crippen LogP contribution in [0.3, 0.4) is 0 Å². The Hall–Kier alpha value is -0.620. The standard InChI is InChI=1S/C9H19NO4S/c1-8(2)7-15(13,14)10-6-4-3-5-9(11)12/h8,10H,3-7H2,1-2H3,(H,11,12). The molecule has 0 aromatic rings. The first-order chi connectivity index (χ1) is 6.83. The molecule has 0 aliphatic rings. The number of aliphatic carboxylic acids is 1. The van der Waals surface area contributed by atoms with E-state index >= 15 is 0 Å². The molecule has 0 rings (SSSR count). The van der Waals surface area contributed by atoms with E-state index in [4.69, 9.17) is 5.11 Å². The zero-order valence-electron chi connectivity index (χ0n) is 9.19. The molecule has 0 atom stereocenters. The number of sulfonamides is 1. The first kappa shape index (κ1) is 14.4. The number of rotatable bonds is 8. The Kier molecular flexibility index (Phi) is 6.51. The molecule has 0 aromatic carbocycles. The van der Waals surface area contributed by atoms with Crippen LogP contribution >= 0.6 is 0 Å². The number of carboxylic acid groups (broad SMARTS) is 1. The summed E-state index contributed by atoms with van der Waals surface area (Å²) in [5.41, 5.74) is 0. The van der Waals surface area contributed by atoms with Gasteiger partial charge in [0.15, 0.2) is 0 Å². The highest BCUT2D eigenvalue weighted by atomic mass is 32.2. The molecule has 0 fully saturated rings. The summed E-state index contributed by atoms with van der Waals surface area (Å²) in [6.07, 6.45) is 1.15. The Balaban J connectivity index is 3.62. The summed E-state index contributed by atoms with van der Waals surface area (Å²) in [7, 11) is -3.18. The van der Waals surface area contributed by atoms with E-state index in [0.29, 0.717) is 19.4 Å². The number of carbonyl (C=O) groups is 1. The normalized spacial score (nSPS) is 11.9. The van der Waals surface area contributed by atoms with Crippen LogP contribution in [-0.2, 0) is 14.8 Å². The van der Waals surface area contributed by atoms with Crippen LogP contribution in [0.2, 0.25) is 0 Å². The summed E-state index contributed by atoms with van der Waals surface area (Å²) in [5, 5.41) is 8.35. The lowest BCUT2D eigenvalue weighted by atomic mass is 10.2. The molecular weight excluding hydrogens is 218 g/mol. The molecule has 0 saturated heterocycles. The van der Waals surface area contributed by atoms with Gasteiger partial charge in [-0.1, -0.05) is 13.8 Å². The Labute approximate surface area is 90.9 Å². The van der Waals surface area contributed by atoms with Crippen LogP contribution in [0.15, 0.2) is 0 Å². The van der Waals surface area contributed by atoms with Gasteiger partial charge in [-0.3, -0.25) is 4.79 Å². The summed E-state index contributed by atoms with van der Waals surface area (Å²) < 4.78 is 25.1. The van der Waals surface area contributed by atoms with Crippen LogP contribution in [-0.4, -0.2) is 31.8 Å². The van der Waals surface area contributed by atoms with Crippen molar-refractivity contribution in [3.63, 3.8) is 0 Å². The van der Waals surface area contributed by atoms with Gasteiger partial charge in [-0.15, -0.1) is 0 Å². The predicted octanol–water partition coefficient (Wildman–Crippen LogP) is 0.817. The van der Waals surface area contributed by atoms with E-state index in [9.17, 15) is 13.2 Å². The smallest absolute Gasteiger partial charge is 0.303 e. The fourth-order valence-electron chi connectivity index (χ4n) is 1.13. The average molecular weight is 237 g/mol. The Morgan fingerprint density at radius 2 is 1.93 bits per heavy atom. The quantitative estimate of drug-likeness (QED) is 0.612. The second kappa shape index (κ2) is 6.79. The van der Waals surface area contributed by atoms with Crippen molar-refractivity contribution in [2.45, 2.75) is 33.1 Å². The zero-order valence-corrected chi connectivity index (χ0v) is 10.0. The van der Waals surface area contributed by atoms with Crippen LogP contribution < -0.4 is 4.72 Å². The molecule has 90 valence electrons. The molecule has 0 amide bonds. The van der Waals surface area contributed by atoms with Crippen LogP contribution in [0.25, 0.3) is 0 Å². The largest absolute Gasteiger partial charge is 0.481 e. The Bertz CT molecular complexity index is 284. The summed E-state index contributed by atoms with van der Waals surface area (Å²) in [5.74, 6) is -0.632. The van der Waals surface area contributed by atoms with E-state index in [-0.39, 0.29) is 18.1 Å². The number of carboxylic acids is 1. The lowest BCUT2D eigenvalue weighted by Crippen LogP contribution is -2.29. The topological polar surface area (TPSA) is 83.5 Å². The summed E-state index contributed by atoms with van der Waals surface area (Å²) in [4.78, 5) is 10.2. The molecule has 0 heterocycles. The van der Waals surface area contributed by atoms with Gasteiger partial charge in [0.05, 0.1) is 5.75 Å². The molecule has 0 spiro atoms. The first-order valence-electron chi connectivity index (χ1n) is 5.02. The second-order valence-electron chi connectivity index (χ2n) is 3.92. The summed E-state index contributed by atoms with van der Waals surface area (Å²) >= 11 is 0. The van der Waals surface area contributed by atoms with Crippen molar-refractivity contribution < 1.29 is 18.3 Å². The fraction of sp³-hybridized carbons (Fsp3) is 0.889. The number of nitrogens with one attached hydrogen (secondary N) is 1. The van der Waals surface area contributed by atoms with Crippen molar-refractivity contribution >= 4 is 16.0 Å². The molecule has 5 nitrogen and oxygen atoms in total.